The quantitative estimate of drug-likeness (QED) is 0.318. The molecule has 1 amide bonds. The number of hydrogen-bond donors (Lipinski definition) is 2. The third-order valence-corrected chi connectivity index (χ3v) is 5.03. The molecule has 0 spiro atoms. The van der Waals surface area contributed by atoms with Crippen LogP contribution in [0, 0.1) is 0 Å². The highest BCUT2D eigenvalue weighted by atomic mass is 16.6. The zero-order chi connectivity index (χ0) is 26.8. The topological polar surface area (TPSA) is 134 Å². The minimum atomic E-state index is -1.03. The number of carbonyl (C=O) groups is 4. The van der Waals surface area contributed by atoms with E-state index >= 15 is 0 Å². The van der Waals surface area contributed by atoms with Gasteiger partial charge in [0.25, 0.3) is 0 Å². The predicted molar refractivity (Wildman–Crippen MR) is 135 cm³/mol. The van der Waals surface area contributed by atoms with Gasteiger partial charge >= 0.3 is 17.9 Å². The van der Waals surface area contributed by atoms with Crippen molar-refractivity contribution in [2.45, 2.75) is 32.4 Å². The number of esters is 3. The average Bonchev–Trinajstić information content (AvgIpc) is 2.90. The summed E-state index contributed by atoms with van der Waals surface area (Å²) in [6.45, 7) is 3.08. The first-order valence-electron chi connectivity index (χ1n) is 11.6. The summed E-state index contributed by atoms with van der Waals surface area (Å²) in [5.41, 5.74) is 6.51. The van der Waals surface area contributed by atoms with Crippen molar-refractivity contribution < 1.29 is 33.4 Å². The van der Waals surface area contributed by atoms with Crippen molar-refractivity contribution in [2.24, 2.45) is 5.73 Å². The van der Waals surface area contributed by atoms with E-state index in [1.165, 1.54) is 12.1 Å². The molecule has 3 aromatic carbocycles. The Labute approximate surface area is 214 Å². The molecule has 0 aliphatic carbocycles. The molecule has 0 unspecified atom stereocenters. The first-order valence-corrected chi connectivity index (χ1v) is 11.6. The lowest BCUT2D eigenvalue weighted by atomic mass is 10.0. The summed E-state index contributed by atoms with van der Waals surface area (Å²) in [5.74, 6) is -2.50. The van der Waals surface area contributed by atoms with Gasteiger partial charge < -0.3 is 25.3 Å². The Hall–Kier alpha value is -4.50. The van der Waals surface area contributed by atoms with Crippen molar-refractivity contribution in [2.75, 3.05) is 6.54 Å². The zero-order valence-corrected chi connectivity index (χ0v) is 20.5. The molecule has 9 nitrogen and oxygen atoms in total. The van der Waals surface area contributed by atoms with E-state index in [1.807, 2.05) is 0 Å². The average molecular weight is 505 g/mol. The van der Waals surface area contributed by atoms with Crippen LogP contribution in [0.15, 0.2) is 78.9 Å². The minimum absolute atomic E-state index is 0.00850. The predicted octanol–water partition coefficient (Wildman–Crippen LogP) is 3.06. The molecule has 3 rings (SSSR count). The van der Waals surface area contributed by atoms with Crippen LogP contribution in [0.2, 0.25) is 0 Å². The van der Waals surface area contributed by atoms with Crippen molar-refractivity contribution in [1.29, 1.82) is 0 Å². The van der Waals surface area contributed by atoms with Crippen LogP contribution in [-0.2, 0) is 20.7 Å². The zero-order valence-electron chi connectivity index (χ0n) is 20.5. The molecular weight excluding hydrogens is 476 g/mol. The Morgan fingerprint density at radius 2 is 1.32 bits per heavy atom. The van der Waals surface area contributed by atoms with Crippen molar-refractivity contribution in [1.82, 2.24) is 5.32 Å². The molecule has 9 heteroatoms. The van der Waals surface area contributed by atoms with Gasteiger partial charge in [-0.2, -0.15) is 0 Å². The molecule has 1 atom stereocenters. The molecule has 0 radical (unpaired) electrons. The molecule has 0 aliphatic heterocycles. The Morgan fingerprint density at radius 1 is 0.784 bits per heavy atom. The van der Waals surface area contributed by atoms with Gasteiger partial charge in [0, 0.05) is 6.42 Å². The van der Waals surface area contributed by atoms with E-state index in [4.69, 9.17) is 19.9 Å². The normalized spacial score (nSPS) is 11.4. The van der Waals surface area contributed by atoms with Crippen LogP contribution in [0.3, 0.4) is 0 Å². The van der Waals surface area contributed by atoms with E-state index in [-0.39, 0.29) is 24.5 Å². The van der Waals surface area contributed by atoms with Crippen LogP contribution in [0.4, 0.5) is 0 Å². The Morgan fingerprint density at radius 3 is 1.84 bits per heavy atom. The Kier molecular flexibility index (Phi) is 9.51. The van der Waals surface area contributed by atoms with Crippen LogP contribution in [0.5, 0.6) is 11.5 Å². The molecule has 37 heavy (non-hydrogen) atoms. The van der Waals surface area contributed by atoms with E-state index in [0.717, 1.165) is 0 Å². The molecular formula is C28H28N2O7. The van der Waals surface area contributed by atoms with Gasteiger partial charge in [-0.25, -0.2) is 14.4 Å². The number of rotatable bonds is 10. The number of ether oxygens (including phenoxy) is 3. The van der Waals surface area contributed by atoms with E-state index in [2.05, 4.69) is 5.32 Å². The van der Waals surface area contributed by atoms with Gasteiger partial charge in [0.05, 0.1) is 23.8 Å². The fourth-order valence-corrected chi connectivity index (χ4v) is 3.31. The molecule has 0 bridgehead atoms. The summed E-state index contributed by atoms with van der Waals surface area (Å²) in [6, 6.07) is 20.1. The fourth-order valence-electron chi connectivity index (χ4n) is 3.31. The second-order valence-electron chi connectivity index (χ2n) is 8.31. The Bertz CT molecular complexity index is 1240. The summed E-state index contributed by atoms with van der Waals surface area (Å²) >= 11 is 0. The molecule has 0 saturated carbocycles. The molecule has 3 aromatic rings. The van der Waals surface area contributed by atoms with Crippen molar-refractivity contribution in [3.05, 3.63) is 95.6 Å². The monoisotopic (exact) mass is 504 g/mol. The third kappa shape index (κ3) is 8.01. The smallest absolute Gasteiger partial charge is 0.343 e. The van der Waals surface area contributed by atoms with Crippen molar-refractivity contribution in [3.8, 4) is 11.5 Å². The minimum Gasteiger partial charge on any atom is -0.461 e. The number of benzene rings is 3. The van der Waals surface area contributed by atoms with Gasteiger partial charge in [-0.15, -0.1) is 0 Å². The number of carbonyl (C=O) groups excluding carboxylic acids is 4. The van der Waals surface area contributed by atoms with Gasteiger partial charge in [0.2, 0.25) is 5.91 Å². The second kappa shape index (κ2) is 13.0. The third-order valence-electron chi connectivity index (χ3n) is 5.03. The summed E-state index contributed by atoms with van der Waals surface area (Å²) in [4.78, 5) is 49.9. The maximum Gasteiger partial charge on any atom is 0.343 e. The van der Waals surface area contributed by atoms with Gasteiger partial charge in [-0.3, -0.25) is 4.79 Å². The van der Waals surface area contributed by atoms with Gasteiger partial charge in [0.1, 0.15) is 6.04 Å². The molecule has 192 valence electrons. The highest BCUT2D eigenvalue weighted by Gasteiger charge is 2.25. The van der Waals surface area contributed by atoms with Crippen LogP contribution in [0.25, 0.3) is 0 Å². The van der Waals surface area contributed by atoms with Crippen molar-refractivity contribution >= 4 is 23.8 Å². The largest absolute Gasteiger partial charge is 0.461 e. The second-order valence-corrected chi connectivity index (χ2v) is 8.31. The van der Waals surface area contributed by atoms with E-state index in [0.29, 0.717) is 16.7 Å². The summed E-state index contributed by atoms with van der Waals surface area (Å²) < 4.78 is 16.4. The first kappa shape index (κ1) is 27.1. The number of amides is 1. The van der Waals surface area contributed by atoms with Crippen molar-refractivity contribution in [3.63, 3.8) is 0 Å². The lowest BCUT2D eigenvalue weighted by Gasteiger charge is -2.20. The maximum atomic E-state index is 12.8. The molecule has 0 aromatic heterocycles. The molecule has 0 saturated heterocycles. The van der Waals surface area contributed by atoms with E-state index < -0.39 is 36.0 Å². The number of nitrogens with one attached hydrogen (secondary N) is 1. The van der Waals surface area contributed by atoms with E-state index in [1.54, 1.807) is 80.6 Å². The molecule has 0 fully saturated rings. The maximum absolute atomic E-state index is 12.8. The highest BCUT2D eigenvalue weighted by molar-refractivity contribution is 5.93. The van der Waals surface area contributed by atoms with Crippen LogP contribution in [0.1, 0.15) is 40.1 Å². The number of nitrogens with two attached hydrogens (primary N) is 1. The van der Waals surface area contributed by atoms with Gasteiger partial charge in [0.15, 0.2) is 11.5 Å². The molecule has 0 heterocycles. The summed E-state index contributed by atoms with van der Waals surface area (Å²) in [6.07, 6.45) is -0.382. The molecule has 0 aliphatic rings. The lowest BCUT2D eigenvalue weighted by Crippen LogP contribution is -2.46. The Balaban J connectivity index is 1.91. The lowest BCUT2D eigenvalue weighted by molar-refractivity contribution is -0.151. The summed E-state index contributed by atoms with van der Waals surface area (Å²) in [5, 5.41) is 2.54. The highest BCUT2D eigenvalue weighted by Crippen LogP contribution is 2.31. The van der Waals surface area contributed by atoms with Gasteiger partial charge in [-0.05, 0) is 55.8 Å². The molecule has 3 N–H and O–H groups in total. The van der Waals surface area contributed by atoms with Crippen LogP contribution >= 0.6 is 0 Å². The number of hydrogen-bond acceptors (Lipinski definition) is 8. The first-order chi connectivity index (χ1) is 17.8. The van der Waals surface area contributed by atoms with E-state index in [9.17, 15) is 19.2 Å². The van der Waals surface area contributed by atoms with Crippen LogP contribution < -0.4 is 20.5 Å². The fraction of sp³-hybridized carbons (Fsp3) is 0.214. The van der Waals surface area contributed by atoms with Gasteiger partial charge in [-0.1, -0.05) is 42.5 Å². The SMILES string of the molecule is CC(C)OC(=O)[C@H](Cc1ccc(OC(=O)c2ccccc2)c(OC(=O)c2ccccc2)c1)NC(=O)CN. The summed E-state index contributed by atoms with van der Waals surface area (Å²) in [7, 11) is 0. The van der Waals surface area contributed by atoms with Crippen LogP contribution in [-0.4, -0.2) is 42.5 Å². The standard InChI is InChI=1S/C28H28N2O7/c1-18(2)35-28(34)22(30-25(31)17-29)15-19-13-14-23(36-26(32)20-9-5-3-6-10-20)24(16-19)37-27(33)21-11-7-4-8-12-21/h3-14,16,18,22H,15,17,29H2,1-2H3,(H,30,31)/t22-/m0/s1.